The third kappa shape index (κ3) is 6.89. The third-order valence-electron chi connectivity index (χ3n) is 4.38. The number of hydrogen-bond donors (Lipinski definition) is 2. The van der Waals surface area contributed by atoms with Crippen molar-refractivity contribution in [2.75, 3.05) is 0 Å². The molecule has 4 heteroatoms. The predicted octanol–water partition coefficient (Wildman–Crippen LogP) is 4.97. The first kappa shape index (κ1) is 21.2. The fraction of sp³-hybridized carbons (Fsp3) is 0.381. The largest absolute Gasteiger partial charge is 0.481 e. The van der Waals surface area contributed by atoms with E-state index in [2.05, 4.69) is 55.6 Å². The summed E-state index contributed by atoms with van der Waals surface area (Å²) in [7, 11) is 0. The molecule has 2 aromatic carbocycles. The summed E-state index contributed by atoms with van der Waals surface area (Å²) in [5.74, 6) is -0.714. The fourth-order valence-corrected chi connectivity index (χ4v) is 3.08. The Hall–Kier alpha value is -1.84. The number of aliphatic carboxylic acids is 1. The Morgan fingerprint density at radius 1 is 1.00 bits per heavy atom. The van der Waals surface area contributed by atoms with Crippen LogP contribution >= 0.6 is 12.4 Å². The molecule has 2 aromatic rings. The van der Waals surface area contributed by atoms with Gasteiger partial charge in [-0.1, -0.05) is 61.5 Å². The van der Waals surface area contributed by atoms with E-state index in [1.54, 1.807) is 0 Å². The van der Waals surface area contributed by atoms with E-state index < -0.39 is 5.97 Å². The molecule has 136 valence electrons. The summed E-state index contributed by atoms with van der Waals surface area (Å²) in [6.45, 7) is 6.33. The smallest absolute Gasteiger partial charge is 0.303 e. The van der Waals surface area contributed by atoms with Crippen molar-refractivity contribution in [2.45, 2.75) is 51.6 Å². The average molecular weight is 362 g/mol. The second kappa shape index (κ2) is 10.2. The number of benzene rings is 2. The van der Waals surface area contributed by atoms with E-state index in [0.717, 1.165) is 12.0 Å². The van der Waals surface area contributed by atoms with Crippen molar-refractivity contribution in [3.63, 3.8) is 0 Å². The number of carboxylic acids is 1. The molecule has 3 nitrogen and oxygen atoms in total. The highest BCUT2D eigenvalue weighted by molar-refractivity contribution is 5.85. The minimum Gasteiger partial charge on any atom is -0.481 e. The van der Waals surface area contributed by atoms with Crippen LogP contribution in [0.5, 0.6) is 0 Å². The third-order valence-corrected chi connectivity index (χ3v) is 4.38. The van der Waals surface area contributed by atoms with Gasteiger partial charge in [-0.2, -0.15) is 0 Å². The summed E-state index contributed by atoms with van der Waals surface area (Å²) >= 11 is 0. The molecule has 0 saturated heterocycles. The van der Waals surface area contributed by atoms with Crippen molar-refractivity contribution >= 4 is 18.4 Å². The highest BCUT2D eigenvalue weighted by Crippen LogP contribution is 2.21. The lowest BCUT2D eigenvalue weighted by molar-refractivity contribution is -0.137. The van der Waals surface area contributed by atoms with Gasteiger partial charge in [-0.3, -0.25) is 4.79 Å². The molecule has 0 bridgehead atoms. The molecule has 1 unspecified atom stereocenters. The van der Waals surface area contributed by atoms with E-state index >= 15 is 0 Å². The van der Waals surface area contributed by atoms with Gasteiger partial charge in [-0.15, -0.1) is 12.4 Å². The van der Waals surface area contributed by atoms with Crippen LogP contribution in [0.4, 0.5) is 0 Å². The van der Waals surface area contributed by atoms with Crippen LogP contribution in [0, 0.1) is 0 Å². The second-order valence-electron chi connectivity index (χ2n) is 6.65. The number of carboxylic acid groups (broad SMARTS) is 1. The first-order chi connectivity index (χ1) is 11.5. The Morgan fingerprint density at radius 3 is 2.28 bits per heavy atom. The van der Waals surface area contributed by atoms with Gasteiger partial charge in [0.2, 0.25) is 0 Å². The van der Waals surface area contributed by atoms with Gasteiger partial charge in [0.05, 0.1) is 6.42 Å². The zero-order valence-electron chi connectivity index (χ0n) is 15.1. The highest BCUT2D eigenvalue weighted by atomic mass is 35.5. The monoisotopic (exact) mass is 361 g/mol. The maximum Gasteiger partial charge on any atom is 0.303 e. The zero-order chi connectivity index (χ0) is 17.5. The van der Waals surface area contributed by atoms with Crippen molar-refractivity contribution in [2.24, 2.45) is 0 Å². The van der Waals surface area contributed by atoms with Crippen LogP contribution in [0.15, 0.2) is 54.6 Å². The van der Waals surface area contributed by atoms with Crippen LogP contribution in [0.1, 0.15) is 55.8 Å². The summed E-state index contributed by atoms with van der Waals surface area (Å²) in [5, 5.41) is 12.6. The maximum absolute atomic E-state index is 10.9. The van der Waals surface area contributed by atoms with E-state index in [1.807, 2.05) is 25.1 Å². The molecule has 0 heterocycles. The number of nitrogens with one attached hydrogen (secondary N) is 1. The molecule has 2 N–H and O–H groups in total. The topological polar surface area (TPSA) is 49.3 Å². The minimum absolute atomic E-state index is 0. The molecule has 2 rings (SSSR count). The summed E-state index contributed by atoms with van der Waals surface area (Å²) < 4.78 is 0. The fourth-order valence-electron chi connectivity index (χ4n) is 3.08. The van der Waals surface area contributed by atoms with Crippen molar-refractivity contribution in [1.29, 1.82) is 0 Å². The van der Waals surface area contributed by atoms with E-state index in [9.17, 15) is 4.79 Å². The van der Waals surface area contributed by atoms with Crippen LogP contribution in [-0.2, 0) is 11.2 Å². The van der Waals surface area contributed by atoms with E-state index in [-0.39, 0.29) is 24.7 Å². The molecular weight excluding hydrogens is 334 g/mol. The lowest BCUT2D eigenvalue weighted by Crippen LogP contribution is -2.30. The minimum atomic E-state index is -0.750. The Kier molecular flexibility index (Phi) is 8.67. The normalized spacial score (nSPS) is 14.2. The molecule has 0 aliphatic heterocycles. The van der Waals surface area contributed by atoms with Crippen LogP contribution in [0.2, 0.25) is 0 Å². The zero-order valence-corrected chi connectivity index (χ0v) is 15.9. The van der Waals surface area contributed by atoms with Gasteiger partial charge in [-0.05, 0) is 42.9 Å². The van der Waals surface area contributed by atoms with Crippen LogP contribution in [-0.4, -0.2) is 17.1 Å². The molecule has 0 amide bonds. The molecule has 0 aromatic heterocycles. The van der Waals surface area contributed by atoms with E-state index in [4.69, 9.17) is 5.11 Å². The Bertz CT molecular complexity index is 660. The van der Waals surface area contributed by atoms with Crippen molar-refractivity contribution in [1.82, 2.24) is 5.32 Å². The molecule has 3 atom stereocenters. The first-order valence-corrected chi connectivity index (χ1v) is 8.57. The van der Waals surface area contributed by atoms with Gasteiger partial charge < -0.3 is 10.4 Å². The van der Waals surface area contributed by atoms with Gasteiger partial charge in [-0.25, -0.2) is 0 Å². The SMILES string of the molecule is CC(CC(=O)O)c1cccc(C[C@@H](C)N[C@H](C)c2ccccc2)c1.Cl. The van der Waals surface area contributed by atoms with E-state index in [0.29, 0.717) is 12.1 Å². The molecule has 25 heavy (non-hydrogen) atoms. The predicted molar refractivity (Wildman–Crippen MR) is 106 cm³/mol. The van der Waals surface area contributed by atoms with Crippen LogP contribution in [0.25, 0.3) is 0 Å². The summed E-state index contributed by atoms with van der Waals surface area (Å²) in [6.07, 6.45) is 1.09. The van der Waals surface area contributed by atoms with Gasteiger partial charge in [0.15, 0.2) is 0 Å². The molecule has 0 radical (unpaired) electrons. The molecule has 0 aliphatic rings. The Balaban J connectivity index is 0.00000312. The number of halogens is 1. The summed E-state index contributed by atoms with van der Waals surface area (Å²) in [5.41, 5.74) is 3.62. The van der Waals surface area contributed by atoms with Gasteiger partial charge >= 0.3 is 5.97 Å². The standard InChI is InChI=1S/C21H27NO2.ClH/c1-15(12-21(23)24)20-11-7-8-18(14-20)13-16(2)22-17(3)19-9-5-4-6-10-19;/h4-11,14-17,22H,12-13H2,1-3H3,(H,23,24);1H/t15?,16-,17-;/m1./s1. The maximum atomic E-state index is 10.9. The Labute approximate surface area is 156 Å². The molecule has 0 fully saturated rings. The van der Waals surface area contributed by atoms with E-state index in [1.165, 1.54) is 11.1 Å². The number of carbonyl (C=O) groups is 1. The first-order valence-electron chi connectivity index (χ1n) is 8.57. The lowest BCUT2D eigenvalue weighted by Gasteiger charge is -2.21. The van der Waals surface area contributed by atoms with Gasteiger partial charge in [0.1, 0.15) is 0 Å². The van der Waals surface area contributed by atoms with Crippen molar-refractivity contribution in [3.8, 4) is 0 Å². The lowest BCUT2D eigenvalue weighted by atomic mass is 9.94. The number of hydrogen-bond acceptors (Lipinski definition) is 2. The average Bonchev–Trinajstić information content (AvgIpc) is 2.55. The van der Waals surface area contributed by atoms with Gasteiger partial charge in [0.25, 0.3) is 0 Å². The van der Waals surface area contributed by atoms with Crippen molar-refractivity contribution < 1.29 is 9.90 Å². The van der Waals surface area contributed by atoms with Crippen LogP contribution in [0.3, 0.4) is 0 Å². The van der Waals surface area contributed by atoms with Gasteiger partial charge in [0, 0.05) is 12.1 Å². The molecule has 0 spiro atoms. The molecular formula is C21H28ClNO2. The van der Waals surface area contributed by atoms with Crippen LogP contribution < -0.4 is 5.32 Å². The Morgan fingerprint density at radius 2 is 1.64 bits per heavy atom. The second-order valence-corrected chi connectivity index (χ2v) is 6.65. The highest BCUT2D eigenvalue weighted by Gasteiger charge is 2.13. The van der Waals surface area contributed by atoms with Crippen molar-refractivity contribution in [3.05, 3.63) is 71.3 Å². The quantitative estimate of drug-likeness (QED) is 0.698. The molecule has 0 aliphatic carbocycles. The summed E-state index contributed by atoms with van der Waals surface area (Å²) in [4.78, 5) is 10.9. The number of rotatable bonds is 8. The molecule has 0 saturated carbocycles. The summed E-state index contributed by atoms with van der Waals surface area (Å²) in [6, 6.07) is 19.4.